The van der Waals surface area contributed by atoms with E-state index in [1.807, 2.05) is 25.3 Å². The molecular formula is C24H19F3N6OS. The van der Waals surface area contributed by atoms with Gasteiger partial charge < -0.3 is 10.2 Å². The van der Waals surface area contributed by atoms with E-state index in [2.05, 4.69) is 30.2 Å². The number of nitrogens with one attached hydrogen (secondary N) is 1. The van der Waals surface area contributed by atoms with E-state index < -0.39 is 17.6 Å². The fraction of sp³-hybridized carbons (Fsp3) is 0.208. The molecule has 0 saturated carbocycles. The minimum atomic E-state index is -4.56. The Kier molecular flexibility index (Phi) is 5.79. The average Bonchev–Trinajstić information content (AvgIpc) is 3.34. The molecule has 4 heterocycles. The van der Waals surface area contributed by atoms with Crippen LogP contribution in [-0.2, 0) is 6.18 Å². The number of alkyl halides is 3. The molecule has 0 fully saturated rings. The van der Waals surface area contributed by atoms with E-state index >= 15 is 0 Å². The summed E-state index contributed by atoms with van der Waals surface area (Å²) in [4.78, 5) is 32.2. The van der Waals surface area contributed by atoms with Gasteiger partial charge in [-0.15, -0.1) is 0 Å². The molecule has 2 aliphatic heterocycles. The van der Waals surface area contributed by atoms with Crippen LogP contribution in [-0.4, -0.2) is 46.0 Å². The molecule has 11 heteroatoms. The molecule has 0 atom stereocenters. The number of rotatable bonds is 4. The highest BCUT2D eigenvalue weighted by Gasteiger charge is 2.32. The monoisotopic (exact) mass is 496 g/mol. The summed E-state index contributed by atoms with van der Waals surface area (Å²) in [5.41, 5.74) is 2.69. The number of amides is 1. The Morgan fingerprint density at radius 2 is 2.00 bits per heavy atom. The number of halogens is 3. The number of amidine groups is 1. The van der Waals surface area contributed by atoms with Crippen molar-refractivity contribution in [1.29, 1.82) is 0 Å². The van der Waals surface area contributed by atoms with Crippen LogP contribution in [0.25, 0.3) is 11.6 Å². The molecule has 35 heavy (non-hydrogen) atoms. The topological polar surface area (TPSA) is 83.4 Å². The van der Waals surface area contributed by atoms with Gasteiger partial charge in [-0.1, -0.05) is 17.8 Å². The van der Waals surface area contributed by atoms with E-state index in [4.69, 9.17) is 0 Å². The van der Waals surface area contributed by atoms with E-state index in [-0.39, 0.29) is 5.69 Å². The summed E-state index contributed by atoms with van der Waals surface area (Å²) in [5.74, 6) is 0.864. The number of aliphatic imine (C=N–C) groups is 1. The zero-order valence-corrected chi connectivity index (χ0v) is 19.5. The summed E-state index contributed by atoms with van der Waals surface area (Å²) in [6.07, 6.45) is 2.08. The molecule has 2 aliphatic rings. The quantitative estimate of drug-likeness (QED) is 0.407. The van der Waals surface area contributed by atoms with Crippen molar-refractivity contribution in [2.45, 2.75) is 18.3 Å². The second-order valence-electron chi connectivity index (χ2n) is 7.96. The van der Waals surface area contributed by atoms with Gasteiger partial charge in [-0.3, -0.25) is 14.8 Å². The number of anilines is 2. The van der Waals surface area contributed by atoms with Crippen molar-refractivity contribution in [1.82, 2.24) is 15.0 Å². The molecule has 0 radical (unpaired) electrons. The zero-order chi connectivity index (χ0) is 24.7. The minimum Gasteiger partial charge on any atom is -0.321 e. The summed E-state index contributed by atoms with van der Waals surface area (Å²) in [7, 11) is 0. The first-order valence-electron chi connectivity index (χ1n) is 10.7. The van der Waals surface area contributed by atoms with Crippen LogP contribution in [0.15, 0.2) is 52.9 Å². The van der Waals surface area contributed by atoms with Gasteiger partial charge in [0.05, 0.1) is 12.1 Å². The first kappa shape index (κ1) is 23.0. The van der Waals surface area contributed by atoms with E-state index in [9.17, 15) is 18.0 Å². The Hall–Kier alpha value is -3.73. The lowest BCUT2D eigenvalue weighted by molar-refractivity contribution is -0.137. The van der Waals surface area contributed by atoms with Crippen molar-refractivity contribution in [2.24, 2.45) is 4.99 Å². The maximum Gasteiger partial charge on any atom is 0.416 e. The molecule has 5 rings (SSSR count). The van der Waals surface area contributed by atoms with Gasteiger partial charge in [0.25, 0.3) is 5.91 Å². The molecule has 0 saturated heterocycles. The molecular weight excluding hydrogens is 477 g/mol. The second-order valence-corrected chi connectivity index (χ2v) is 8.74. The predicted molar refractivity (Wildman–Crippen MR) is 130 cm³/mol. The number of aromatic nitrogens is 3. The van der Waals surface area contributed by atoms with Crippen LogP contribution in [0.1, 0.15) is 32.7 Å². The van der Waals surface area contributed by atoms with Crippen molar-refractivity contribution in [3.05, 3.63) is 70.7 Å². The van der Waals surface area contributed by atoms with E-state index in [1.165, 1.54) is 11.8 Å². The number of nitrogens with zero attached hydrogens (tertiary/aromatic N) is 5. The minimum absolute atomic E-state index is 0.319. The van der Waals surface area contributed by atoms with Crippen molar-refractivity contribution in [2.75, 3.05) is 29.6 Å². The number of fused-ring (bicyclic) bond motifs is 3. The zero-order valence-electron chi connectivity index (χ0n) is 18.7. The number of aryl methyl sites for hydroxylation is 1. The molecule has 7 nitrogen and oxygen atoms in total. The van der Waals surface area contributed by atoms with Crippen molar-refractivity contribution in [3.8, 4) is 0 Å². The Labute approximate surface area is 203 Å². The number of benzene rings is 1. The predicted octanol–water partition coefficient (Wildman–Crippen LogP) is 4.95. The SMILES string of the molecule is CSc1ncc2c(n1)N1CCN=C1C(c1cc(NC(=O)c3cc(C(F)(F)F)ccn3)ccc1C)=C2. The van der Waals surface area contributed by atoms with E-state index in [0.29, 0.717) is 23.9 Å². The summed E-state index contributed by atoms with van der Waals surface area (Å²) in [6, 6.07) is 6.89. The first-order valence-corrected chi connectivity index (χ1v) is 11.9. The van der Waals surface area contributed by atoms with Crippen LogP contribution >= 0.6 is 11.8 Å². The van der Waals surface area contributed by atoms with Gasteiger partial charge in [-0.25, -0.2) is 9.97 Å². The number of thioether (sulfide) groups is 1. The fourth-order valence-corrected chi connectivity index (χ4v) is 4.34. The fourth-order valence-electron chi connectivity index (χ4n) is 4.00. The smallest absolute Gasteiger partial charge is 0.321 e. The van der Waals surface area contributed by atoms with Crippen molar-refractivity contribution in [3.63, 3.8) is 0 Å². The Bertz CT molecular complexity index is 1400. The van der Waals surface area contributed by atoms with Crippen LogP contribution in [0.5, 0.6) is 0 Å². The number of hydrogen-bond donors (Lipinski definition) is 1. The van der Waals surface area contributed by atoms with Crippen LogP contribution in [0.2, 0.25) is 0 Å². The lowest BCUT2D eigenvalue weighted by Gasteiger charge is -2.28. The maximum atomic E-state index is 13.0. The third-order valence-corrected chi connectivity index (χ3v) is 6.26. The molecule has 0 unspecified atom stereocenters. The van der Waals surface area contributed by atoms with Crippen LogP contribution < -0.4 is 10.2 Å². The number of pyridine rings is 1. The standard InChI is InChI=1S/C24H19F3N6OS/c1-13-3-4-16(31-22(34)19-10-15(5-6-28-19)24(25,26)27)11-17(13)18-9-14-12-30-23(35-2)32-20(14)33-8-7-29-21(18)33/h3-6,9-12H,7-8H2,1-2H3,(H,31,34). The molecule has 1 amide bonds. The van der Waals surface area contributed by atoms with Gasteiger partial charge in [0, 0.05) is 35.8 Å². The van der Waals surface area contributed by atoms with Gasteiger partial charge in [-0.2, -0.15) is 13.2 Å². The Balaban J connectivity index is 1.49. The summed E-state index contributed by atoms with van der Waals surface area (Å²) in [5, 5.41) is 3.34. The van der Waals surface area contributed by atoms with E-state index in [0.717, 1.165) is 52.2 Å². The van der Waals surface area contributed by atoms with Gasteiger partial charge in [-0.05, 0) is 54.6 Å². The highest BCUT2D eigenvalue weighted by molar-refractivity contribution is 7.98. The van der Waals surface area contributed by atoms with Gasteiger partial charge in [0.1, 0.15) is 17.3 Å². The lowest BCUT2D eigenvalue weighted by Crippen LogP contribution is -2.32. The second kappa shape index (κ2) is 8.81. The van der Waals surface area contributed by atoms with Crippen LogP contribution in [0.4, 0.5) is 24.7 Å². The molecule has 2 aromatic heterocycles. The third kappa shape index (κ3) is 4.39. The largest absolute Gasteiger partial charge is 0.416 e. The van der Waals surface area contributed by atoms with Gasteiger partial charge in [0.2, 0.25) is 0 Å². The molecule has 3 aromatic rings. The highest BCUT2D eigenvalue weighted by atomic mass is 32.2. The first-order chi connectivity index (χ1) is 16.7. The normalized spacial score (nSPS) is 14.7. The van der Waals surface area contributed by atoms with E-state index in [1.54, 1.807) is 18.3 Å². The molecule has 178 valence electrons. The number of carbonyl (C=O) groups is 1. The molecule has 0 bridgehead atoms. The summed E-state index contributed by atoms with van der Waals surface area (Å²) >= 11 is 1.47. The van der Waals surface area contributed by atoms with Crippen molar-refractivity contribution >= 4 is 46.7 Å². The Morgan fingerprint density at radius 1 is 1.17 bits per heavy atom. The maximum absolute atomic E-state index is 13.0. The molecule has 0 spiro atoms. The van der Waals surface area contributed by atoms with Gasteiger partial charge in [0.15, 0.2) is 5.16 Å². The number of carbonyl (C=O) groups excluding carboxylic acids is 1. The number of hydrogen-bond acceptors (Lipinski definition) is 7. The molecule has 1 N–H and O–H groups in total. The molecule has 1 aromatic carbocycles. The summed E-state index contributed by atoms with van der Waals surface area (Å²) in [6.45, 7) is 3.27. The third-order valence-electron chi connectivity index (χ3n) is 5.70. The van der Waals surface area contributed by atoms with Crippen LogP contribution in [0, 0.1) is 6.92 Å². The lowest BCUT2D eigenvalue weighted by atomic mass is 9.94. The Morgan fingerprint density at radius 3 is 2.77 bits per heavy atom. The van der Waals surface area contributed by atoms with Crippen molar-refractivity contribution < 1.29 is 18.0 Å². The van der Waals surface area contributed by atoms with Crippen LogP contribution in [0.3, 0.4) is 0 Å². The van der Waals surface area contributed by atoms with Gasteiger partial charge >= 0.3 is 6.18 Å². The summed E-state index contributed by atoms with van der Waals surface area (Å²) < 4.78 is 39.1. The molecule has 0 aliphatic carbocycles. The highest BCUT2D eigenvalue weighted by Crippen LogP contribution is 2.37. The average molecular weight is 497 g/mol.